The molecule has 0 aromatic heterocycles. The van der Waals surface area contributed by atoms with Crippen LogP contribution < -0.4 is 0 Å². The predicted molar refractivity (Wildman–Crippen MR) is 124 cm³/mol. The molecule has 0 amide bonds. The minimum atomic E-state index is -1.34. The van der Waals surface area contributed by atoms with Gasteiger partial charge in [-0.3, -0.25) is 0 Å². The van der Waals surface area contributed by atoms with Crippen LogP contribution in [0.25, 0.3) is 0 Å². The van der Waals surface area contributed by atoms with E-state index in [1.165, 1.54) is 74.7 Å². The average molecular weight is 479 g/mol. The van der Waals surface area contributed by atoms with E-state index in [1.807, 2.05) is 0 Å². The summed E-state index contributed by atoms with van der Waals surface area (Å²) < 4.78 is 17.6. The van der Waals surface area contributed by atoms with Gasteiger partial charge < -0.3 is 0 Å². The fourth-order valence-electron chi connectivity index (χ4n) is 2.20. The summed E-state index contributed by atoms with van der Waals surface area (Å²) in [5.74, 6) is 5.71. The molecule has 0 unspecified atom stereocenters. The Morgan fingerprint density at radius 1 is 0.600 bits per heavy atom. The SMILES string of the molecule is SCC1(CSOP(OSCC2(CS)CC2)OSCC2(CS)CC2)CC1. The van der Waals surface area contributed by atoms with Crippen molar-refractivity contribution in [1.82, 2.24) is 0 Å². The van der Waals surface area contributed by atoms with Crippen LogP contribution in [0.15, 0.2) is 0 Å². The summed E-state index contributed by atoms with van der Waals surface area (Å²) in [6, 6.07) is 0. The van der Waals surface area contributed by atoms with Crippen LogP contribution in [-0.2, 0) is 11.9 Å². The fourth-order valence-corrected chi connectivity index (χ4v) is 8.49. The third kappa shape index (κ3) is 7.00. The molecule has 146 valence electrons. The van der Waals surface area contributed by atoms with E-state index < -0.39 is 8.60 Å². The second-order valence-electron chi connectivity index (χ2n) is 7.71. The first-order valence-electron chi connectivity index (χ1n) is 8.61. The van der Waals surface area contributed by atoms with Gasteiger partial charge in [0.1, 0.15) is 0 Å². The van der Waals surface area contributed by atoms with E-state index in [1.54, 1.807) is 0 Å². The van der Waals surface area contributed by atoms with Gasteiger partial charge in [0.05, 0.1) is 0 Å². The lowest BCUT2D eigenvalue weighted by Gasteiger charge is -2.18. The maximum Gasteiger partial charge on any atom is 0.369 e. The molecule has 0 aromatic rings. The Kier molecular flexibility index (Phi) is 8.79. The first kappa shape index (κ1) is 22.1. The van der Waals surface area contributed by atoms with Crippen molar-refractivity contribution in [2.45, 2.75) is 38.5 Å². The predicted octanol–water partition coefficient (Wildman–Crippen LogP) is 6.34. The standard InChI is InChI=1S/C15H27O3PS6/c20-7-13(1-2-13)10-23-16-19(17-24-11-14(8-21)3-4-14)18-25-12-15(9-22)5-6-15/h20-22H,1-12H2. The van der Waals surface area contributed by atoms with Crippen molar-refractivity contribution in [3.63, 3.8) is 0 Å². The molecule has 3 aliphatic rings. The Labute approximate surface area is 182 Å². The van der Waals surface area contributed by atoms with Gasteiger partial charge in [-0.05, 0) is 72.0 Å². The van der Waals surface area contributed by atoms with Gasteiger partial charge in [0.25, 0.3) is 0 Å². The van der Waals surface area contributed by atoms with E-state index in [0.717, 1.165) is 34.5 Å². The smallest absolute Gasteiger partial charge is 0.239 e. The second kappa shape index (κ2) is 9.94. The van der Waals surface area contributed by atoms with Crippen molar-refractivity contribution in [1.29, 1.82) is 0 Å². The third-order valence-corrected chi connectivity index (χ3v) is 12.2. The topological polar surface area (TPSA) is 27.7 Å². The summed E-state index contributed by atoms with van der Waals surface area (Å²) in [6.45, 7) is 0. The van der Waals surface area contributed by atoms with Crippen LogP contribution in [0, 0.1) is 16.2 Å². The highest BCUT2D eigenvalue weighted by Crippen LogP contribution is 2.58. The van der Waals surface area contributed by atoms with Gasteiger partial charge in [-0.2, -0.15) is 37.9 Å². The van der Waals surface area contributed by atoms with Gasteiger partial charge in [0.15, 0.2) is 0 Å². The number of rotatable bonds is 15. The summed E-state index contributed by atoms with van der Waals surface area (Å²) >= 11 is 17.8. The normalized spacial score (nSPS) is 24.5. The summed E-state index contributed by atoms with van der Waals surface area (Å²) in [7, 11) is -1.34. The van der Waals surface area contributed by atoms with E-state index >= 15 is 0 Å². The van der Waals surface area contributed by atoms with Crippen LogP contribution in [-0.4, -0.2) is 34.5 Å². The van der Waals surface area contributed by atoms with Crippen LogP contribution >= 0.6 is 82.6 Å². The van der Waals surface area contributed by atoms with Crippen molar-refractivity contribution < 1.29 is 11.9 Å². The molecule has 0 N–H and O–H groups in total. The Morgan fingerprint density at radius 3 is 1.08 bits per heavy atom. The molecular formula is C15H27O3PS6. The van der Waals surface area contributed by atoms with Gasteiger partial charge >= 0.3 is 8.60 Å². The van der Waals surface area contributed by atoms with E-state index in [4.69, 9.17) is 11.9 Å². The molecule has 0 spiro atoms. The molecule has 0 aromatic carbocycles. The molecule has 3 saturated carbocycles. The molecule has 10 heteroatoms. The highest BCUT2D eigenvalue weighted by atomic mass is 32.2. The zero-order valence-corrected chi connectivity index (χ0v) is 20.3. The molecule has 3 nitrogen and oxygen atoms in total. The van der Waals surface area contributed by atoms with Crippen molar-refractivity contribution in [2.24, 2.45) is 16.2 Å². The zero-order valence-electron chi connectivity index (χ0n) is 14.2. The van der Waals surface area contributed by atoms with Crippen molar-refractivity contribution >= 4 is 82.6 Å². The fraction of sp³-hybridized carbons (Fsp3) is 1.00. The first-order chi connectivity index (χ1) is 12.1. The van der Waals surface area contributed by atoms with E-state index in [9.17, 15) is 0 Å². The van der Waals surface area contributed by atoms with Gasteiger partial charge in [0, 0.05) is 53.4 Å². The molecular weight excluding hydrogens is 452 g/mol. The summed E-state index contributed by atoms with van der Waals surface area (Å²) in [5, 5.41) is 0. The molecule has 3 fully saturated rings. The highest BCUT2D eigenvalue weighted by Gasteiger charge is 2.44. The lowest BCUT2D eigenvalue weighted by atomic mass is 10.2. The molecule has 0 radical (unpaired) electrons. The average Bonchev–Trinajstić information content (AvgIpc) is 3.51. The van der Waals surface area contributed by atoms with Gasteiger partial charge in [-0.15, -0.1) is 0 Å². The largest absolute Gasteiger partial charge is 0.369 e. The first-order valence-corrected chi connectivity index (χ1v) is 14.3. The van der Waals surface area contributed by atoms with Gasteiger partial charge in [-0.1, -0.05) is 0 Å². The van der Waals surface area contributed by atoms with E-state index in [0.29, 0.717) is 16.2 Å². The quantitative estimate of drug-likeness (QED) is 0.145. The molecule has 3 aliphatic carbocycles. The Morgan fingerprint density at radius 2 is 0.880 bits per heavy atom. The second-order valence-corrected chi connectivity index (χ2v) is 12.5. The number of thiol groups is 3. The van der Waals surface area contributed by atoms with Crippen LogP contribution in [0.2, 0.25) is 0 Å². The summed E-state index contributed by atoms with van der Waals surface area (Å²) in [6.07, 6.45) is 7.53. The lowest BCUT2D eigenvalue weighted by Crippen LogP contribution is -2.07. The van der Waals surface area contributed by atoms with Gasteiger partial charge in [-0.25, -0.2) is 11.9 Å². The van der Waals surface area contributed by atoms with Gasteiger partial charge in [0.2, 0.25) is 0 Å². The Balaban J connectivity index is 1.36. The third-order valence-electron chi connectivity index (χ3n) is 5.31. The zero-order chi connectivity index (χ0) is 17.8. The minimum Gasteiger partial charge on any atom is -0.239 e. The molecule has 0 aliphatic heterocycles. The maximum absolute atomic E-state index is 5.88. The number of hydrogen-bond acceptors (Lipinski definition) is 9. The molecule has 3 rings (SSSR count). The van der Waals surface area contributed by atoms with Crippen LogP contribution in [0.3, 0.4) is 0 Å². The van der Waals surface area contributed by atoms with E-state index in [2.05, 4.69) is 37.9 Å². The Hall–Kier alpha value is 2.41. The summed E-state index contributed by atoms with van der Waals surface area (Å²) in [5.41, 5.74) is 1.13. The molecule has 0 bridgehead atoms. The van der Waals surface area contributed by atoms with Crippen LogP contribution in [0.5, 0.6) is 0 Å². The molecule has 0 saturated heterocycles. The van der Waals surface area contributed by atoms with E-state index in [-0.39, 0.29) is 0 Å². The maximum atomic E-state index is 5.88. The molecule has 0 heterocycles. The summed E-state index contributed by atoms with van der Waals surface area (Å²) in [4.78, 5) is 0. The Bertz CT molecular complexity index is 370. The number of hydrogen-bond donors (Lipinski definition) is 3. The van der Waals surface area contributed by atoms with Crippen molar-refractivity contribution in [2.75, 3.05) is 34.5 Å². The van der Waals surface area contributed by atoms with Crippen molar-refractivity contribution in [3.8, 4) is 0 Å². The lowest BCUT2D eigenvalue weighted by molar-refractivity contribution is 0.462. The van der Waals surface area contributed by atoms with Crippen LogP contribution in [0.1, 0.15) is 38.5 Å². The minimum absolute atomic E-state index is 0.378. The van der Waals surface area contributed by atoms with Crippen LogP contribution in [0.4, 0.5) is 0 Å². The molecule has 0 atom stereocenters. The highest BCUT2D eigenvalue weighted by molar-refractivity contribution is 8.03. The van der Waals surface area contributed by atoms with Crippen molar-refractivity contribution in [3.05, 3.63) is 0 Å². The molecule has 25 heavy (non-hydrogen) atoms. The monoisotopic (exact) mass is 478 g/mol.